The molecule has 4 heterocycles. The lowest BCUT2D eigenvalue weighted by molar-refractivity contribution is 0.866. The number of nitrogens with zero attached hydrogens (tertiary/aromatic N) is 6. The third-order valence-electron chi connectivity index (χ3n) is 3.27. The average molecular weight is 310 g/mol. The van der Waals surface area contributed by atoms with Crippen molar-refractivity contribution in [2.45, 2.75) is 6.92 Å². The molecule has 0 radical (unpaired) electrons. The Balaban J connectivity index is 1.88. The van der Waals surface area contributed by atoms with Crippen LogP contribution < -0.4 is 16.5 Å². The molecule has 10 heteroatoms. The summed E-state index contributed by atoms with van der Waals surface area (Å²) >= 11 is 0. The maximum absolute atomic E-state index is 12.5. The molecule has 0 bridgehead atoms. The Morgan fingerprint density at radius 2 is 2.13 bits per heavy atom. The second-order valence-electron chi connectivity index (χ2n) is 4.87. The summed E-state index contributed by atoms with van der Waals surface area (Å²) in [7, 11) is 0. The van der Waals surface area contributed by atoms with Crippen LogP contribution in [0, 0.1) is 6.92 Å². The van der Waals surface area contributed by atoms with Crippen LogP contribution in [-0.4, -0.2) is 34.2 Å². The molecule has 0 aliphatic heterocycles. The number of hydrogen-bond acceptors (Lipinski definition) is 7. The van der Waals surface area contributed by atoms with E-state index in [0.717, 1.165) is 0 Å². The Labute approximate surface area is 127 Å². The van der Waals surface area contributed by atoms with Crippen LogP contribution in [-0.2, 0) is 0 Å². The van der Waals surface area contributed by atoms with E-state index in [1.807, 2.05) is 0 Å². The minimum Gasteiger partial charge on any atom is -0.291 e. The molecule has 4 aromatic rings. The highest BCUT2D eigenvalue weighted by atomic mass is 16.1. The van der Waals surface area contributed by atoms with Gasteiger partial charge < -0.3 is 0 Å². The van der Waals surface area contributed by atoms with Gasteiger partial charge in [-0.1, -0.05) is 0 Å². The third-order valence-corrected chi connectivity index (χ3v) is 3.27. The van der Waals surface area contributed by atoms with Crippen LogP contribution in [0.3, 0.4) is 0 Å². The maximum Gasteiger partial charge on any atom is 0.280 e. The summed E-state index contributed by atoms with van der Waals surface area (Å²) in [4.78, 5) is 38.7. The molecule has 0 unspecified atom stereocenters. The van der Waals surface area contributed by atoms with Gasteiger partial charge in [0.05, 0.1) is 10.9 Å². The summed E-state index contributed by atoms with van der Waals surface area (Å²) in [5.74, 6) is 0.582. The zero-order valence-corrected chi connectivity index (χ0v) is 11.9. The summed E-state index contributed by atoms with van der Waals surface area (Å²) in [6.45, 7) is 1.69. The van der Waals surface area contributed by atoms with Gasteiger partial charge in [-0.3, -0.25) is 20.0 Å². The number of pyridine rings is 1. The summed E-state index contributed by atoms with van der Waals surface area (Å²) in [5, 5.41) is 4.39. The third kappa shape index (κ3) is 2.12. The highest BCUT2D eigenvalue weighted by molar-refractivity contribution is 5.78. The number of aromatic nitrogens is 7. The number of H-pyrrole nitrogens is 1. The first-order valence-corrected chi connectivity index (χ1v) is 6.67. The molecular formula is C13H10N8O2. The number of nitrogens with one attached hydrogen (secondary N) is 2. The molecule has 10 nitrogen and oxygen atoms in total. The Kier molecular flexibility index (Phi) is 2.70. The van der Waals surface area contributed by atoms with Gasteiger partial charge in [-0.2, -0.15) is 14.6 Å². The number of aryl methyl sites for hydroxylation is 1. The van der Waals surface area contributed by atoms with Gasteiger partial charge in [0.2, 0.25) is 5.95 Å². The molecule has 23 heavy (non-hydrogen) atoms. The van der Waals surface area contributed by atoms with Crippen LogP contribution in [0.15, 0.2) is 40.4 Å². The second kappa shape index (κ2) is 4.73. The summed E-state index contributed by atoms with van der Waals surface area (Å²) < 4.78 is 2.69. The van der Waals surface area contributed by atoms with Crippen LogP contribution in [0.2, 0.25) is 0 Å². The van der Waals surface area contributed by atoms with E-state index in [1.54, 1.807) is 13.0 Å². The predicted octanol–water partition coefficient (Wildman–Crippen LogP) is -0.294. The normalized spacial score (nSPS) is 11.2. The number of aromatic amines is 1. The van der Waals surface area contributed by atoms with E-state index in [9.17, 15) is 9.59 Å². The van der Waals surface area contributed by atoms with Gasteiger partial charge >= 0.3 is 0 Å². The summed E-state index contributed by atoms with van der Waals surface area (Å²) in [5.41, 5.74) is 3.22. The Bertz CT molecular complexity index is 1160. The van der Waals surface area contributed by atoms with Crippen LogP contribution in [0.25, 0.3) is 16.7 Å². The standard InChI is InChI=1S/C13H10N8O2/c1-7-4-10(22)18-12(17-7)19-20-3-2-9-8(11(20)23)5-14-13-15-6-16-21(9)13/h2-6H,1H3,(H2,17,18,19,22). The lowest BCUT2D eigenvalue weighted by Crippen LogP contribution is -2.28. The van der Waals surface area contributed by atoms with Crippen LogP contribution in [0.5, 0.6) is 0 Å². The van der Waals surface area contributed by atoms with E-state index in [0.29, 0.717) is 22.4 Å². The first-order chi connectivity index (χ1) is 11.1. The van der Waals surface area contributed by atoms with Gasteiger partial charge in [-0.15, -0.1) is 0 Å². The highest BCUT2D eigenvalue weighted by Crippen LogP contribution is 2.08. The lowest BCUT2D eigenvalue weighted by atomic mass is 10.3. The maximum atomic E-state index is 12.5. The molecule has 0 aliphatic carbocycles. The molecule has 0 amide bonds. The van der Waals surface area contributed by atoms with Crippen LogP contribution >= 0.6 is 0 Å². The molecular weight excluding hydrogens is 300 g/mol. The minimum atomic E-state index is -0.350. The molecule has 114 valence electrons. The van der Waals surface area contributed by atoms with Crippen molar-refractivity contribution >= 4 is 22.6 Å². The highest BCUT2D eigenvalue weighted by Gasteiger charge is 2.09. The fourth-order valence-corrected chi connectivity index (χ4v) is 2.30. The Morgan fingerprint density at radius 3 is 2.96 bits per heavy atom. The van der Waals surface area contributed by atoms with E-state index in [2.05, 4.69) is 30.5 Å². The van der Waals surface area contributed by atoms with E-state index in [4.69, 9.17) is 0 Å². The van der Waals surface area contributed by atoms with E-state index >= 15 is 0 Å². The van der Waals surface area contributed by atoms with Crippen LogP contribution in [0.4, 0.5) is 5.95 Å². The first kappa shape index (κ1) is 13.1. The van der Waals surface area contributed by atoms with Crippen molar-refractivity contribution in [3.05, 3.63) is 57.3 Å². The van der Waals surface area contributed by atoms with Gasteiger partial charge in [0.1, 0.15) is 6.33 Å². The molecule has 0 saturated heterocycles. The Morgan fingerprint density at radius 1 is 1.26 bits per heavy atom. The zero-order valence-electron chi connectivity index (χ0n) is 11.9. The quantitative estimate of drug-likeness (QED) is 0.521. The van der Waals surface area contributed by atoms with E-state index < -0.39 is 0 Å². The van der Waals surface area contributed by atoms with Gasteiger partial charge in [-0.05, 0) is 13.0 Å². The molecule has 0 spiro atoms. The molecule has 0 aliphatic rings. The summed E-state index contributed by atoms with van der Waals surface area (Å²) in [6, 6.07) is 3.06. The fourth-order valence-electron chi connectivity index (χ4n) is 2.30. The number of hydrogen-bond donors (Lipinski definition) is 2. The van der Waals surface area contributed by atoms with Crippen molar-refractivity contribution in [3.63, 3.8) is 0 Å². The minimum absolute atomic E-state index is 0.172. The topological polar surface area (TPSA) is 123 Å². The van der Waals surface area contributed by atoms with Gasteiger partial charge in [-0.25, -0.2) is 14.6 Å². The monoisotopic (exact) mass is 310 g/mol. The average Bonchev–Trinajstić information content (AvgIpc) is 2.97. The fraction of sp³-hybridized carbons (Fsp3) is 0.0769. The van der Waals surface area contributed by atoms with Crippen molar-refractivity contribution in [2.24, 2.45) is 0 Å². The molecule has 4 rings (SSSR count). The van der Waals surface area contributed by atoms with Crippen molar-refractivity contribution in [1.29, 1.82) is 0 Å². The second-order valence-corrected chi connectivity index (χ2v) is 4.87. The van der Waals surface area contributed by atoms with Gasteiger partial charge in [0.15, 0.2) is 0 Å². The Hall–Kier alpha value is -3.56. The predicted molar refractivity (Wildman–Crippen MR) is 81.2 cm³/mol. The lowest BCUT2D eigenvalue weighted by Gasteiger charge is -2.09. The molecule has 2 N–H and O–H groups in total. The molecule has 0 saturated carbocycles. The molecule has 0 aromatic carbocycles. The smallest absolute Gasteiger partial charge is 0.280 e. The molecule has 4 aromatic heterocycles. The van der Waals surface area contributed by atoms with Gasteiger partial charge in [0, 0.05) is 24.2 Å². The zero-order chi connectivity index (χ0) is 16.0. The number of anilines is 1. The van der Waals surface area contributed by atoms with Crippen LogP contribution in [0.1, 0.15) is 5.69 Å². The van der Waals surface area contributed by atoms with Crippen molar-refractivity contribution in [2.75, 3.05) is 5.43 Å². The first-order valence-electron chi connectivity index (χ1n) is 6.67. The molecule has 0 atom stereocenters. The SMILES string of the molecule is Cc1cc(=O)[nH]c(Nn2ccc3c(cnc4ncnn43)c2=O)n1. The van der Waals surface area contributed by atoms with E-state index in [1.165, 1.54) is 34.0 Å². The van der Waals surface area contributed by atoms with Crippen molar-refractivity contribution in [3.8, 4) is 0 Å². The van der Waals surface area contributed by atoms with Gasteiger partial charge in [0.25, 0.3) is 16.9 Å². The largest absolute Gasteiger partial charge is 0.291 e. The van der Waals surface area contributed by atoms with Crippen molar-refractivity contribution < 1.29 is 0 Å². The summed E-state index contributed by atoms with van der Waals surface area (Å²) in [6.07, 6.45) is 4.33. The molecule has 0 fully saturated rings. The van der Waals surface area contributed by atoms with Crippen molar-refractivity contribution in [1.82, 2.24) is 34.2 Å². The number of fused-ring (bicyclic) bond motifs is 3. The number of rotatable bonds is 2. The van der Waals surface area contributed by atoms with E-state index in [-0.39, 0.29) is 17.1 Å².